The number of para-hydroxylation sites is 1. The minimum Gasteiger partial charge on any atom is -0.356 e. The lowest BCUT2D eigenvalue weighted by atomic mass is 9.97. The highest BCUT2D eigenvalue weighted by molar-refractivity contribution is 8.01. The molecule has 0 saturated carbocycles. The highest BCUT2D eigenvalue weighted by Gasteiger charge is 2.39. The van der Waals surface area contributed by atoms with E-state index in [2.05, 4.69) is 11.4 Å². The summed E-state index contributed by atoms with van der Waals surface area (Å²) in [6.45, 7) is 2.61. The van der Waals surface area contributed by atoms with E-state index in [9.17, 15) is 14.0 Å². The molecule has 1 heterocycles. The lowest BCUT2D eigenvalue weighted by molar-refractivity contribution is -0.128. The van der Waals surface area contributed by atoms with Gasteiger partial charge in [-0.15, -0.1) is 11.8 Å². The van der Waals surface area contributed by atoms with Gasteiger partial charge in [0, 0.05) is 16.5 Å². The summed E-state index contributed by atoms with van der Waals surface area (Å²) < 4.78 is 13.5. The zero-order chi connectivity index (χ0) is 23.4. The van der Waals surface area contributed by atoms with Gasteiger partial charge < -0.3 is 10.2 Å². The fourth-order valence-corrected chi connectivity index (χ4v) is 5.83. The molecule has 7 heteroatoms. The molecule has 0 spiro atoms. The van der Waals surface area contributed by atoms with Gasteiger partial charge >= 0.3 is 0 Å². The fourth-order valence-electron chi connectivity index (χ4n) is 4.32. The summed E-state index contributed by atoms with van der Waals surface area (Å²) in [5, 5.41) is 2.75. The molecule has 0 saturated heterocycles. The molecule has 0 bridgehead atoms. The number of hydrogen-bond donors (Lipinski definition) is 1. The number of fused-ring (bicyclic) bond motifs is 1. The van der Waals surface area contributed by atoms with Crippen LogP contribution in [0.2, 0.25) is 5.02 Å². The Hall–Kier alpha value is -2.31. The van der Waals surface area contributed by atoms with Crippen LogP contribution in [-0.4, -0.2) is 23.6 Å². The number of nitrogens with zero attached hydrogens (tertiary/aromatic N) is 1. The summed E-state index contributed by atoms with van der Waals surface area (Å²) in [6, 6.07) is 11.8. The van der Waals surface area contributed by atoms with Crippen molar-refractivity contribution in [3.05, 3.63) is 70.5 Å². The van der Waals surface area contributed by atoms with E-state index in [0.717, 1.165) is 29.8 Å². The maximum Gasteiger partial charge on any atom is 0.241 e. The summed E-state index contributed by atoms with van der Waals surface area (Å²) in [7, 11) is 0. The first kappa shape index (κ1) is 23.8. The van der Waals surface area contributed by atoms with Crippen LogP contribution in [0.5, 0.6) is 0 Å². The monoisotopic (exact) mass is 486 g/mol. The number of anilines is 1. The summed E-state index contributed by atoms with van der Waals surface area (Å²) in [5.74, 6) is -1.17. The van der Waals surface area contributed by atoms with Crippen molar-refractivity contribution in [1.29, 1.82) is 0 Å². The molecule has 4 nitrogen and oxygen atoms in total. The Bertz CT molecular complexity index is 1070. The topological polar surface area (TPSA) is 49.4 Å². The average Bonchev–Trinajstić information content (AvgIpc) is 2.82. The molecule has 1 aliphatic carbocycles. The Morgan fingerprint density at radius 2 is 2.09 bits per heavy atom. The SMILES string of the molecule is C[C@@H](C(=O)NCCC1=CCCCC1)[C@@H]1Sc2ccccc2N(Cc2ccc(F)cc2Cl)C1=O. The van der Waals surface area contributed by atoms with E-state index in [1.807, 2.05) is 31.2 Å². The third-order valence-electron chi connectivity index (χ3n) is 6.26. The number of benzene rings is 2. The molecule has 0 radical (unpaired) electrons. The van der Waals surface area contributed by atoms with Crippen molar-refractivity contribution in [2.45, 2.75) is 55.7 Å². The Morgan fingerprint density at radius 3 is 2.85 bits per heavy atom. The first-order chi connectivity index (χ1) is 15.9. The fraction of sp³-hybridized carbons (Fsp3) is 0.385. The molecule has 33 heavy (non-hydrogen) atoms. The van der Waals surface area contributed by atoms with Crippen molar-refractivity contribution < 1.29 is 14.0 Å². The number of amides is 2. The molecule has 2 atom stereocenters. The molecular formula is C26H28ClFN2O2S. The van der Waals surface area contributed by atoms with E-state index >= 15 is 0 Å². The van der Waals surface area contributed by atoms with Crippen LogP contribution in [0, 0.1) is 11.7 Å². The van der Waals surface area contributed by atoms with Crippen LogP contribution in [0.4, 0.5) is 10.1 Å². The van der Waals surface area contributed by atoms with Crippen LogP contribution in [0.15, 0.2) is 59.0 Å². The Kier molecular flexibility index (Phi) is 7.76. The third kappa shape index (κ3) is 5.61. The number of carbonyl (C=O) groups excluding carboxylic acids is 2. The van der Waals surface area contributed by atoms with Gasteiger partial charge in [-0.3, -0.25) is 9.59 Å². The molecule has 4 rings (SSSR count). The third-order valence-corrected chi connectivity index (χ3v) is 8.08. The second kappa shape index (κ2) is 10.7. The molecule has 1 N–H and O–H groups in total. The van der Waals surface area contributed by atoms with Gasteiger partial charge in [-0.1, -0.05) is 48.4 Å². The normalized spacial score (nSPS) is 19.0. The predicted octanol–water partition coefficient (Wildman–Crippen LogP) is 6.13. The van der Waals surface area contributed by atoms with Crippen LogP contribution >= 0.6 is 23.4 Å². The van der Waals surface area contributed by atoms with Crippen molar-refractivity contribution in [2.75, 3.05) is 11.4 Å². The first-order valence-electron chi connectivity index (χ1n) is 11.4. The van der Waals surface area contributed by atoms with E-state index < -0.39 is 17.0 Å². The van der Waals surface area contributed by atoms with Gasteiger partial charge in [0.2, 0.25) is 11.8 Å². The molecule has 0 fully saturated rings. The molecule has 2 aliphatic rings. The lowest BCUT2D eigenvalue weighted by Crippen LogP contribution is -2.47. The summed E-state index contributed by atoms with van der Waals surface area (Å²) >= 11 is 7.67. The van der Waals surface area contributed by atoms with Crippen molar-refractivity contribution in [3.63, 3.8) is 0 Å². The molecule has 0 aromatic heterocycles. The maximum atomic E-state index is 13.5. The van der Waals surface area contributed by atoms with Gasteiger partial charge in [0.15, 0.2) is 0 Å². The van der Waals surface area contributed by atoms with Crippen LogP contribution in [0.25, 0.3) is 0 Å². The highest BCUT2D eigenvalue weighted by Crippen LogP contribution is 2.42. The molecule has 2 aromatic rings. The molecule has 1 aliphatic heterocycles. The van der Waals surface area contributed by atoms with E-state index in [1.54, 1.807) is 11.0 Å². The van der Waals surface area contributed by atoms with Crippen LogP contribution in [-0.2, 0) is 16.1 Å². The van der Waals surface area contributed by atoms with Gasteiger partial charge in [0.25, 0.3) is 0 Å². The smallest absolute Gasteiger partial charge is 0.241 e. The van der Waals surface area contributed by atoms with Gasteiger partial charge in [-0.25, -0.2) is 4.39 Å². The van der Waals surface area contributed by atoms with E-state index in [4.69, 9.17) is 11.6 Å². The minimum atomic E-state index is -0.548. The number of carbonyl (C=O) groups is 2. The van der Waals surface area contributed by atoms with Gasteiger partial charge in [0.1, 0.15) is 11.1 Å². The Morgan fingerprint density at radius 1 is 1.27 bits per heavy atom. The Labute approximate surface area is 203 Å². The molecular weight excluding hydrogens is 459 g/mol. The predicted molar refractivity (Wildman–Crippen MR) is 132 cm³/mol. The first-order valence-corrected chi connectivity index (χ1v) is 12.7. The van der Waals surface area contributed by atoms with Crippen LogP contribution < -0.4 is 10.2 Å². The molecule has 174 valence electrons. The number of rotatable bonds is 7. The Balaban J connectivity index is 1.48. The van der Waals surface area contributed by atoms with Crippen LogP contribution in [0.3, 0.4) is 0 Å². The van der Waals surface area contributed by atoms with Crippen molar-refractivity contribution >= 4 is 40.9 Å². The summed E-state index contributed by atoms with van der Waals surface area (Å²) in [5.41, 5.74) is 2.85. The molecule has 2 amide bonds. The molecule has 2 aromatic carbocycles. The summed E-state index contributed by atoms with van der Waals surface area (Å²) in [4.78, 5) is 29.1. The maximum absolute atomic E-state index is 13.5. The van der Waals surface area contributed by atoms with Crippen molar-refractivity contribution in [3.8, 4) is 0 Å². The largest absolute Gasteiger partial charge is 0.356 e. The number of nitrogens with one attached hydrogen (secondary N) is 1. The van der Waals surface area contributed by atoms with E-state index in [-0.39, 0.29) is 23.4 Å². The standard InChI is InChI=1S/C26H28ClFN2O2S/c1-17(25(31)29-14-13-18-7-3-2-4-8-18)24-26(32)30(22-9-5-6-10-23(22)33-24)16-19-11-12-20(28)15-21(19)27/h5-7,9-12,15,17,24H,2-4,8,13-14,16H2,1H3,(H,29,31)/t17-,24+/m1/s1. The number of halogens is 2. The van der Waals surface area contributed by atoms with Crippen molar-refractivity contribution in [1.82, 2.24) is 5.32 Å². The second-order valence-corrected chi connectivity index (χ2v) is 10.2. The second-order valence-electron chi connectivity index (χ2n) is 8.60. The summed E-state index contributed by atoms with van der Waals surface area (Å²) in [6.07, 6.45) is 7.85. The van der Waals surface area contributed by atoms with Crippen molar-refractivity contribution in [2.24, 2.45) is 5.92 Å². The number of allylic oxidation sites excluding steroid dienone is 1. The van der Waals surface area contributed by atoms with E-state index in [0.29, 0.717) is 12.1 Å². The van der Waals surface area contributed by atoms with Gasteiger partial charge in [0.05, 0.1) is 18.2 Å². The van der Waals surface area contributed by atoms with Gasteiger partial charge in [-0.05, 0) is 61.9 Å². The van der Waals surface area contributed by atoms with Crippen LogP contribution in [0.1, 0.15) is 44.6 Å². The molecule has 0 unspecified atom stereocenters. The average molecular weight is 487 g/mol. The van der Waals surface area contributed by atoms with E-state index in [1.165, 1.54) is 42.3 Å². The minimum absolute atomic E-state index is 0.114. The number of thioether (sulfide) groups is 1. The number of hydrogen-bond acceptors (Lipinski definition) is 3. The zero-order valence-electron chi connectivity index (χ0n) is 18.7. The zero-order valence-corrected chi connectivity index (χ0v) is 20.2. The highest BCUT2D eigenvalue weighted by atomic mass is 35.5. The lowest BCUT2D eigenvalue weighted by Gasteiger charge is -2.36. The quantitative estimate of drug-likeness (QED) is 0.479. The van der Waals surface area contributed by atoms with Gasteiger partial charge in [-0.2, -0.15) is 0 Å².